The summed E-state index contributed by atoms with van der Waals surface area (Å²) in [5, 5.41) is 3.83. The lowest BCUT2D eigenvalue weighted by Crippen LogP contribution is -1.94. The third kappa shape index (κ3) is 2.34. The van der Waals surface area contributed by atoms with Crippen molar-refractivity contribution >= 4 is 21.6 Å². The summed E-state index contributed by atoms with van der Waals surface area (Å²) in [6, 6.07) is 7.93. The summed E-state index contributed by atoms with van der Waals surface area (Å²) < 4.78 is 1.05. The Morgan fingerprint density at radius 2 is 2.25 bits per heavy atom. The highest BCUT2D eigenvalue weighted by molar-refractivity contribution is 9.10. The quantitative estimate of drug-likeness (QED) is 0.563. The molecule has 0 aromatic heterocycles. The zero-order chi connectivity index (χ0) is 8.97. The molecule has 2 nitrogen and oxygen atoms in total. The van der Waals surface area contributed by atoms with E-state index in [1.54, 1.807) is 7.11 Å². The number of hydrogen-bond donors (Lipinski definition) is 0. The van der Waals surface area contributed by atoms with Crippen LogP contribution in [0.4, 0.5) is 0 Å². The van der Waals surface area contributed by atoms with Crippen molar-refractivity contribution in [3.8, 4) is 0 Å². The van der Waals surface area contributed by atoms with Crippen LogP contribution in [0.3, 0.4) is 0 Å². The molecule has 0 saturated carbocycles. The summed E-state index contributed by atoms with van der Waals surface area (Å²) in [7, 11) is 1.54. The molecule has 0 spiro atoms. The van der Waals surface area contributed by atoms with Gasteiger partial charge in [0.2, 0.25) is 0 Å². The molecular weight excluding hydrogens is 218 g/mol. The minimum Gasteiger partial charge on any atom is -0.399 e. The Labute approximate surface area is 80.4 Å². The van der Waals surface area contributed by atoms with E-state index in [0.717, 1.165) is 15.7 Å². The zero-order valence-corrected chi connectivity index (χ0v) is 8.63. The van der Waals surface area contributed by atoms with Crippen molar-refractivity contribution in [1.29, 1.82) is 0 Å². The molecule has 3 heteroatoms. The maximum Gasteiger partial charge on any atom is 0.106 e. The molecule has 0 bridgehead atoms. The molecule has 0 saturated heterocycles. The number of benzene rings is 1. The lowest BCUT2D eigenvalue weighted by Gasteiger charge is -1.99. The van der Waals surface area contributed by atoms with E-state index in [1.165, 1.54) is 0 Å². The van der Waals surface area contributed by atoms with Crippen LogP contribution in [0, 0.1) is 0 Å². The van der Waals surface area contributed by atoms with Gasteiger partial charge in [-0.25, -0.2) is 0 Å². The van der Waals surface area contributed by atoms with E-state index in [2.05, 4.69) is 25.9 Å². The molecule has 0 N–H and O–H groups in total. The molecular formula is C9H10BrNO. The second-order valence-corrected chi connectivity index (χ2v) is 3.29. The highest BCUT2D eigenvalue weighted by atomic mass is 79.9. The van der Waals surface area contributed by atoms with Gasteiger partial charge in [0, 0.05) is 10.0 Å². The third-order valence-corrected chi connectivity index (χ3v) is 1.96. The molecule has 12 heavy (non-hydrogen) atoms. The smallest absolute Gasteiger partial charge is 0.106 e. The van der Waals surface area contributed by atoms with Gasteiger partial charge in [-0.2, -0.15) is 0 Å². The van der Waals surface area contributed by atoms with Crippen molar-refractivity contribution in [1.82, 2.24) is 0 Å². The number of hydrogen-bond acceptors (Lipinski definition) is 2. The Balaban J connectivity index is 2.95. The van der Waals surface area contributed by atoms with Crippen molar-refractivity contribution in [2.75, 3.05) is 7.11 Å². The van der Waals surface area contributed by atoms with Crippen molar-refractivity contribution in [2.24, 2.45) is 5.16 Å². The van der Waals surface area contributed by atoms with Gasteiger partial charge in [-0.15, -0.1) is 0 Å². The molecule has 1 aromatic rings. The molecule has 0 amide bonds. The Kier molecular flexibility index (Phi) is 3.29. The van der Waals surface area contributed by atoms with Crippen LogP contribution in [0.25, 0.3) is 0 Å². The third-order valence-electron chi connectivity index (χ3n) is 1.47. The van der Waals surface area contributed by atoms with Gasteiger partial charge in [-0.3, -0.25) is 0 Å². The second-order valence-electron chi connectivity index (χ2n) is 2.37. The highest BCUT2D eigenvalue weighted by Crippen LogP contribution is 2.12. The number of nitrogens with zero attached hydrogens (tertiary/aromatic N) is 1. The molecule has 1 rings (SSSR count). The summed E-state index contributed by atoms with van der Waals surface area (Å²) in [4.78, 5) is 4.67. The van der Waals surface area contributed by atoms with Crippen LogP contribution < -0.4 is 0 Å². The van der Waals surface area contributed by atoms with Gasteiger partial charge in [0.05, 0.1) is 5.71 Å². The fourth-order valence-electron chi connectivity index (χ4n) is 0.903. The number of halogens is 1. The largest absolute Gasteiger partial charge is 0.399 e. The fourth-order valence-corrected chi connectivity index (χ4v) is 1.30. The molecule has 0 unspecified atom stereocenters. The normalized spacial score (nSPS) is 11.4. The fraction of sp³-hybridized carbons (Fsp3) is 0.222. The summed E-state index contributed by atoms with van der Waals surface area (Å²) in [5.41, 5.74) is 1.94. The lowest BCUT2D eigenvalue weighted by molar-refractivity contribution is 0.213. The molecule has 0 fully saturated rings. The first kappa shape index (κ1) is 9.26. The van der Waals surface area contributed by atoms with Crippen LogP contribution >= 0.6 is 15.9 Å². The first-order valence-electron chi connectivity index (χ1n) is 3.57. The van der Waals surface area contributed by atoms with Gasteiger partial charge in [0.15, 0.2) is 0 Å². The van der Waals surface area contributed by atoms with Gasteiger partial charge in [0.1, 0.15) is 7.11 Å². The summed E-state index contributed by atoms with van der Waals surface area (Å²) >= 11 is 3.39. The van der Waals surface area contributed by atoms with Crippen LogP contribution in [0.5, 0.6) is 0 Å². The highest BCUT2D eigenvalue weighted by Gasteiger charge is 1.97. The maximum atomic E-state index is 4.67. The predicted molar refractivity (Wildman–Crippen MR) is 53.4 cm³/mol. The Bertz CT molecular complexity index is 296. The van der Waals surface area contributed by atoms with Crippen molar-refractivity contribution in [3.63, 3.8) is 0 Å². The first-order valence-corrected chi connectivity index (χ1v) is 4.37. The van der Waals surface area contributed by atoms with Gasteiger partial charge >= 0.3 is 0 Å². The maximum absolute atomic E-state index is 4.67. The standard InChI is InChI=1S/C9H10BrNO/c1-7(11-12-2)8-4-3-5-9(10)6-8/h3-6H,1-2H3/b11-7+. The Hall–Kier alpha value is -0.830. The van der Waals surface area contributed by atoms with Gasteiger partial charge < -0.3 is 4.84 Å². The average molecular weight is 228 g/mol. The SMILES string of the molecule is CO/N=C(\C)c1cccc(Br)c1. The molecule has 0 radical (unpaired) electrons. The van der Waals surface area contributed by atoms with E-state index in [1.807, 2.05) is 31.2 Å². The molecule has 0 aliphatic carbocycles. The van der Waals surface area contributed by atoms with E-state index in [0.29, 0.717) is 0 Å². The van der Waals surface area contributed by atoms with Crippen molar-refractivity contribution in [2.45, 2.75) is 6.92 Å². The summed E-state index contributed by atoms with van der Waals surface area (Å²) in [5.74, 6) is 0. The lowest BCUT2D eigenvalue weighted by atomic mass is 10.1. The van der Waals surface area contributed by atoms with Crippen LogP contribution in [0.1, 0.15) is 12.5 Å². The molecule has 0 aliphatic rings. The van der Waals surface area contributed by atoms with Crippen molar-refractivity contribution in [3.05, 3.63) is 34.3 Å². The Morgan fingerprint density at radius 3 is 2.83 bits per heavy atom. The molecule has 0 atom stereocenters. The number of oxime groups is 1. The molecule has 0 aliphatic heterocycles. The van der Waals surface area contributed by atoms with Crippen molar-refractivity contribution < 1.29 is 4.84 Å². The van der Waals surface area contributed by atoms with Gasteiger partial charge in [-0.05, 0) is 19.1 Å². The molecule has 1 aromatic carbocycles. The first-order chi connectivity index (χ1) is 5.74. The monoisotopic (exact) mass is 227 g/mol. The van der Waals surface area contributed by atoms with Gasteiger partial charge in [0.25, 0.3) is 0 Å². The molecule has 64 valence electrons. The Morgan fingerprint density at radius 1 is 1.50 bits per heavy atom. The number of rotatable bonds is 2. The van der Waals surface area contributed by atoms with Crippen LogP contribution in [0.2, 0.25) is 0 Å². The topological polar surface area (TPSA) is 21.6 Å². The minimum absolute atomic E-state index is 0.874. The van der Waals surface area contributed by atoms with E-state index in [4.69, 9.17) is 0 Å². The average Bonchev–Trinajstić information content (AvgIpc) is 2.05. The summed E-state index contributed by atoms with van der Waals surface area (Å²) in [6.07, 6.45) is 0. The van der Waals surface area contributed by atoms with E-state index in [-0.39, 0.29) is 0 Å². The zero-order valence-electron chi connectivity index (χ0n) is 7.04. The van der Waals surface area contributed by atoms with Crippen LogP contribution in [0.15, 0.2) is 33.9 Å². The predicted octanol–water partition coefficient (Wildman–Crippen LogP) is 2.82. The van der Waals surface area contributed by atoms with Crippen LogP contribution in [-0.2, 0) is 4.84 Å². The van der Waals surface area contributed by atoms with E-state index < -0.39 is 0 Å². The minimum atomic E-state index is 0.874. The van der Waals surface area contributed by atoms with E-state index in [9.17, 15) is 0 Å². The second kappa shape index (κ2) is 4.26. The van der Waals surface area contributed by atoms with Gasteiger partial charge in [-0.1, -0.05) is 33.2 Å². The van der Waals surface area contributed by atoms with Crippen LogP contribution in [-0.4, -0.2) is 12.8 Å². The summed E-state index contributed by atoms with van der Waals surface area (Å²) in [6.45, 7) is 1.91. The van der Waals surface area contributed by atoms with E-state index >= 15 is 0 Å². The molecule has 0 heterocycles.